The molecule has 0 saturated carbocycles. The molecule has 1 amide bonds. The van der Waals surface area contributed by atoms with Crippen LogP contribution in [0.5, 0.6) is 0 Å². The van der Waals surface area contributed by atoms with Crippen molar-refractivity contribution >= 4 is 24.4 Å². The Morgan fingerprint density at radius 1 is 1.03 bits per heavy atom. The SMILES string of the molecule is C=CC(=O)OCC(C)O/C=[N+](\[O-])NCc1cccc(CNC(=O)OC(C)COC(=O)C=C)c1. The van der Waals surface area contributed by atoms with Crippen LogP contribution in [0.4, 0.5) is 4.79 Å². The maximum Gasteiger partial charge on any atom is 0.407 e. The van der Waals surface area contributed by atoms with Gasteiger partial charge in [0.15, 0.2) is 0 Å². The maximum atomic E-state index is 11.9. The molecule has 0 saturated heterocycles. The van der Waals surface area contributed by atoms with Crippen molar-refractivity contribution in [3.63, 3.8) is 0 Å². The fourth-order valence-electron chi connectivity index (χ4n) is 2.20. The van der Waals surface area contributed by atoms with Gasteiger partial charge in [0.25, 0.3) is 0 Å². The molecule has 1 aromatic rings. The molecule has 0 fully saturated rings. The third-order valence-corrected chi connectivity index (χ3v) is 3.82. The summed E-state index contributed by atoms with van der Waals surface area (Å²) in [6.07, 6.45) is 1.19. The number of ether oxygens (including phenoxy) is 4. The molecule has 0 bridgehead atoms. The molecule has 0 aromatic heterocycles. The molecule has 1 rings (SSSR count). The van der Waals surface area contributed by atoms with Crippen LogP contribution in [-0.4, -0.2) is 54.7 Å². The molecule has 1 aromatic carbocycles. The highest BCUT2D eigenvalue weighted by atomic mass is 16.6. The lowest BCUT2D eigenvalue weighted by Gasteiger charge is -2.14. The molecule has 2 unspecified atom stereocenters. The van der Waals surface area contributed by atoms with Gasteiger partial charge in [-0.25, -0.2) is 14.4 Å². The molecule has 2 N–H and O–H groups in total. The maximum absolute atomic E-state index is 11.9. The van der Waals surface area contributed by atoms with Crippen molar-refractivity contribution in [3.05, 3.63) is 65.9 Å². The first-order chi connectivity index (χ1) is 15.7. The minimum absolute atomic E-state index is 0.0224. The number of hydrazine groups is 1. The fourth-order valence-corrected chi connectivity index (χ4v) is 2.20. The first-order valence-electron chi connectivity index (χ1n) is 10.0. The van der Waals surface area contributed by atoms with E-state index in [-0.39, 0.29) is 26.3 Å². The highest BCUT2D eigenvalue weighted by Gasteiger charge is 2.11. The predicted octanol–water partition coefficient (Wildman–Crippen LogP) is 1.71. The molecule has 2 atom stereocenters. The largest absolute Gasteiger partial charge is 0.594 e. The van der Waals surface area contributed by atoms with Crippen molar-refractivity contribution in [2.45, 2.75) is 39.1 Å². The summed E-state index contributed by atoms with van der Waals surface area (Å²) in [7, 11) is 0. The molecular formula is C22H29N3O8. The summed E-state index contributed by atoms with van der Waals surface area (Å²) in [5.41, 5.74) is 4.16. The van der Waals surface area contributed by atoms with E-state index >= 15 is 0 Å². The molecule has 0 radical (unpaired) electrons. The summed E-state index contributed by atoms with van der Waals surface area (Å²) in [4.78, 5) is 34.3. The van der Waals surface area contributed by atoms with E-state index in [2.05, 4.69) is 23.9 Å². The number of rotatable bonds is 14. The summed E-state index contributed by atoms with van der Waals surface area (Å²) >= 11 is 0. The molecule has 0 aliphatic heterocycles. The van der Waals surface area contributed by atoms with Crippen LogP contribution in [0.2, 0.25) is 0 Å². The summed E-state index contributed by atoms with van der Waals surface area (Å²) in [5, 5.41) is 14.4. The minimum Gasteiger partial charge on any atom is -0.594 e. The van der Waals surface area contributed by atoms with Gasteiger partial charge in [-0.3, -0.25) is 0 Å². The Morgan fingerprint density at radius 3 is 2.21 bits per heavy atom. The van der Waals surface area contributed by atoms with Crippen molar-refractivity contribution in [1.29, 1.82) is 0 Å². The van der Waals surface area contributed by atoms with Crippen molar-refractivity contribution in [1.82, 2.24) is 10.7 Å². The Morgan fingerprint density at radius 2 is 1.61 bits per heavy atom. The number of amides is 1. The Balaban J connectivity index is 2.40. The number of alkyl carbamates (subject to hydrolysis) is 1. The number of carbonyl (C=O) groups is 3. The second kappa shape index (κ2) is 14.9. The number of benzene rings is 1. The van der Waals surface area contributed by atoms with E-state index in [1.807, 2.05) is 0 Å². The van der Waals surface area contributed by atoms with Crippen molar-refractivity contribution in [2.75, 3.05) is 13.2 Å². The van der Waals surface area contributed by atoms with Crippen molar-refractivity contribution < 1.29 is 38.2 Å². The number of hydrogen-bond acceptors (Lipinski definition) is 9. The van der Waals surface area contributed by atoms with Crippen LogP contribution in [0, 0.1) is 5.21 Å². The van der Waals surface area contributed by atoms with E-state index in [0.29, 0.717) is 4.85 Å². The van der Waals surface area contributed by atoms with E-state index < -0.39 is 30.2 Å². The molecule has 11 nitrogen and oxygen atoms in total. The summed E-state index contributed by atoms with van der Waals surface area (Å²) in [5.74, 6) is -1.17. The van der Waals surface area contributed by atoms with Crippen LogP contribution >= 0.6 is 0 Å². The smallest absolute Gasteiger partial charge is 0.407 e. The molecule has 0 aliphatic carbocycles. The zero-order chi connectivity index (χ0) is 24.6. The van der Waals surface area contributed by atoms with Crippen LogP contribution in [-0.2, 0) is 41.6 Å². The molecule has 0 spiro atoms. The zero-order valence-corrected chi connectivity index (χ0v) is 18.7. The Hall–Kier alpha value is -4.02. The van der Waals surface area contributed by atoms with Gasteiger partial charge in [0.1, 0.15) is 25.4 Å². The van der Waals surface area contributed by atoms with Gasteiger partial charge in [0, 0.05) is 18.7 Å². The van der Waals surface area contributed by atoms with E-state index in [1.165, 1.54) is 0 Å². The number of hydrazone groups is 1. The highest BCUT2D eigenvalue weighted by Crippen LogP contribution is 2.05. The normalized spacial score (nSPS) is 12.5. The number of nitrogens with zero attached hydrogens (tertiary/aromatic N) is 1. The highest BCUT2D eigenvalue weighted by molar-refractivity contribution is 5.81. The number of carbonyl (C=O) groups excluding carboxylic acids is 3. The number of hydrogen-bond donors (Lipinski definition) is 2. The lowest BCUT2D eigenvalue weighted by atomic mass is 10.1. The third-order valence-electron chi connectivity index (χ3n) is 3.82. The van der Waals surface area contributed by atoms with Gasteiger partial charge in [-0.2, -0.15) is 5.43 Å². The zero-order valence-electron chi connectivity index (χ0n) is 18.7. The van der Waals surface area contributed by atoms with Crippen molar-refractivity contribution in [3.8, 4) is 0 Å². The third kappa shape index (κ3) is 12.4. The van der Waals surface area contributed by atoms with Crippen LogP contribution in [0.15, 0.2) is 49.6 Å². The standard InChI is InChI=1S/C22H29N3O8/c1-5-20(26)30-13-16(3)32-15-25(29)24-12-19-9-7-8-18(10-19)11-23-22(28)33-17(4)14-31-21(27)6-2/h5-10,15-17,24H,1-2,11-14H2,3-4H3,(H,23,28)/b25-15-. The molecule has 11 heteroatoms. The summed E-state index contributed by atoms with van der Waals surface area (Å²) in [6.45, 7) is 10.1. The van der Waals surface area contributed by atoms with Gasteiger partial charge >= 0.3 is 24.4 Å². The average molecular weight is 463 g/mol. The summed E-state index contributed by atoms with van der Waals surface area (Å²) < 4.78 is 19.9. The first kappa shape index (κ1) is 27.0. The Labute approximate surface area is 192 Å². The molecule has 33 heavy (non-hydrogen) atoms. The topological polar surface area (TPSA) is 138 Å². The Kier molecular flexibility index (Phi) is 12.2. The van der Waals surface area contributed by atoms with E-state index in [4.69, 9.17) is 18.9 Å². The first-order valence-corrected chi connectivity index (χ1v) is 10.0. The van der Waals surface area contributed by atoms with Gasteiger partial charge < -0.3 is 29.5 Å². The average Bonchev–Trinajstić information content (AvgIpc) is 2.82. The van der Waals surface area contributed by atoms with E-state index in [0.717, 1.165) is 29.7 Å². The van der Waals surface area contributed by atoms with Gasteiger partial charge in [0.2, 0.25) is 0 Å². The number of esters is 2. The molecule has 0 aliphatic rings. The quantitative estimate of drug-likeness (QED) is 0.0617. The van der Waals surface area contributed by atoms with Crippen LogP contribution in [0.3, 0.4) is 0 Å². The molecule has 0 heterocycles. The molecular weight excluding hydrogens is 434 g/mol. The molecule has 180 valence electrons. The van der Waals surface area contributed by atoms with Crippen LogP contribution < -0.4 is 10.7 Å². The number of nitrogens with one attached hydrogen (secondary N) is 2. The minimum atomic E-state index is -0.661. The van der Waals surface area contributed by atoms with Gasteiger partial charge in [-0.15, -0.1) is 0 Å². The Bertz CT molecular complexity index is 856. The fraction of sp³-hybridized carbons (Fsp3) is 0.364. The van der Waals surface area contributed by atoms with Gasteiger partial charge in [-0.05, 0) is 25.0 Å². The van der Waals surface area contributed by atoms with Gasteiger partial charge in [-0.1, -0.05) is 42.3 Å². The lowest BCUT2D eigenvalue weighted by molar-refractivity contribution is -0.529. The second-order valence-corrected chi connectivity index (χ2v) is 6.77. The van der Waals surface area contributed by atoms with Crippen molar-refractivity contribution in [2.24, 2.45) is 0 Å². The van der Waals surface area contributed by atoms with E-state index in [1.54, 1.807) is 38.1 Å². The van der Waals surface area contributed by atoms with E-state index in [9.17, 15) is 19.6 Å². The second-order valence-electron chi connectivity index (χ2n) is 6.77. The van der Waals surface area contributed by atoms with Gasteiger partial charge in [0.05, 0.1) is 6.54 Å². The summed E-state index contributed by atoms with van der Waals surface area (Å²) in [6, 6.07) is 7.18. The lowest BCUT2D eigenvalue weighted by Crippen LogP contribution is -2.30. The van der Waals surface area contributed by atoms with Crippen LogP contribution in [0.25, 0.3) is 0 Å². The predicted molar refractivity (Wildman–Crippen MR) is 119 cm³/mol. The monoisotopic (exact) mass is 463 g/mol. The van der Waals surface area contributed by atoms with Crippen LogP contribution in [0.1, 0.15) is 25.0 Å².